The van der Waals surface area contributed by atoms with Gasteiger partial charge in [-0.25, -0.2) is 9.93 Å². The molecule has 1 aliphatic rings. The van der Waals surface area contributed by atoms with Crippen LogP contribution in [0.5, 0.6) is 0 Å². The maximum absolute atomic E-state index is 11.6. The fraction of sp³-hybridized carbons (Fsp3) is 0.444. The number of ether oxygens (including phenoxy) is 1. The highest BCUT2D eigenvalue weighted by molar-refractivity contribution is 7.90. The highest BCUT2D eigenvalue weighted by Gasteiger charge is 2.28. The lowest BCUT2D eigenvalue weighted by molar-refractivity contribution is 0.0601. The lowest BCUT2D eigenvalue weighted by atomic mass is 10.1. The Morgan fingerprint density at radius 2 is 2.18 bits per heavy atom. The molecule has 0 fully saturated rings. The molecule has 17 heavy (non-hydrogen) atoms. The van der Waals surface area contributed by atoms with E-state index >= 15 is 0 Å². The fourth-order valence-electron chi connectivity index (χ4n) is 1.92. The van der Waals surface area contributed by atoms with E-state index < -0.39 is 16.2 Å². The molecule has 0 aliphatic heterocycles. The average molecular weight is 276 g/mol. The normalized spacial score (nSPS) is 14.5. The summed E-state index contributed by atoms with van der Waals surface area (Å²) in [5, 5.41) is 5.17. The lowest BCUT2D eigenvalue weighted by Gasteiger charge is -2.05. The number of nitrogens with one attached hydrogen (secondary N) is 1. The second kappa shape index (κ2) is 4.28. The molecule has 0 saturated heterocycles. The molecule has 2 rings (SSSR count). The highest BCUT2D eigenvalue weighted by Crippen LogP contribution is 2.39. The molecule has 0 radical (unpaired) electrons. The van der Waals surface area contributed by atoms with E-state index in [0.29, 0.717) is 5.56 Å². The van der Waals surface area contributed by atoms with Crippen LogP contribution in [0, 0.1) is 0 Å². The zero-order valence-corrected chi connectivity index (χ0v) is 10.8. The number of rotatable bonds is 3. The topological polar surface area (TPSA) is 98.5 Å². The van der Waals surface area contributed by atoms with Gasteiger partial charge in [-0.3, -0.25) is 4.72 Å². The number of carbonyl (C=O) groups is 1. The number of nitrogens with two attached hydrogens (primary N) is 1. The van der Waals surface area contributed by atoms with E-state index in [1.807, 2.05) is 0 Å². The SMILES string of the molecule is COC(=O)c1c(NS(N)(=O)=O)sc2c1CCC2. The van der Waals surface area contributed by atoms with Crippen LogP contribution >= 0.6 is 11.3 Å². The summed E-state index contributed by atoms with van der Waals surface area (Å²) >= 11 is 1.25. The first kappa shape index (κ1) is 12.3. The third-order valence-electron chi connectivity index (χ3n) is 2.55. The van der Waals surface area contributed by atoms with Crippen molar-refractivity contribution in [3.8, 4) is 0 Å². The lowest BCUT2D eigenvalue weighted by Crippen LogP contribution is -2.22. The van der Waals surface area contributed by atoms with Crippen LogP contribution in [-0.2, 0) is 27.8 Å². The second-order valence-electron chi connectivity index (χ2n) is 3.70. The van der Waals surface area contributed by atoms with E-state index in [9.17, 15) is 13.2 Å². The van der Waals surface area contributed by atoms with Crippen LogP contribution in [0.2, 0.25) is 0 Å². The molecule has 0 atom stereocenters. The molecule has 0 saturated carbocycles. The van der Waals surface area contributed by atoms with Crippen molar-refractivity contribution in [2.75, 3.05) is 11.8 Å². The van der Waals surface area contributed by atoms with Gasteiger partial charge < -0.3 is 4.74 Å². The maximum Gasteiger partial charge on any atom is 0.341 e. The van der Waals surface area contributed by atoms with Gasteiger partial charge in [-0.2, -0.15) is 8.42 Å². The van der Waals surface area contributed by atoms with Crippen LogP contribution in [-0.4, -0.2) is 21.5 Å². The van der Waals surface area contributed by atoms with Gasteiger partial charge in [-0.15, -0.1) is 11.3 Å². The van der Waals surface area contributed by atoms with Gasteiger partial charge in [0.25, 0.3) is 10.2 Å². The number of anilines is 1. The van der Waals surface area contributed by atoms with Crippen LogP contribution in [0.4, 0.5) is 5.00 Å². The summed E-state index contributed by atoms with van der Waals surface area (Å²) < 4.78 is 28.9. The number of hydrogen-bond acceptors (Lipinski definition) is 5. The van der Waals surface area contributed by atoms with Crippen LogP contribution in [0.15, 0.2) is 0 Å². The van der Waals surface area contributed by atoms with Crippen molar-refractivity contribution < 1.29 is 17.9 Å². The number of carbonyl (C=O) groups excluding carboxylic acids is 1. The minimum Gasteiger partial charge on any atom is -0.465 e. The fourth-order valence-corrected chi connectivity index (χ4v) is 3.93. The summed E-state index contributed by atoms with van der Waals surface area (Å²) in [6, 6.07) is 0. The first-order chi connectivity index (χ1) is 7.92. The molecule has 1 aromatic heterocycles. The van der Waals surface area contributed by atoms with Crippen molar-refractivity contribution in [3.63, 3.8) is 0 Å². The largest absolute Gasteiger partial charge is 0.465 e. The molecule has 1 aromatic rings. The van der Waals surface area contributed by atoms with Gasteiger partial charge in [-0.1, -0.05) is 0 Å². The van der Waals surface area contributed by atoms with E-state index in [0.717, 1.165) is 29.7 Å². The minimum atomic E-state index is -3.88. The van der Waals surface area contributed by atoms with Crippen LogP contribution in [0.1, 0.15) is 27.2 Å². The van der Waals surface area contributed by atoms with Gasteiger partial charge in [0.05, 0.1) is 12.7 Å². The minimum absolute atomic E-state index is 0.254. The zero-order valence-electron chi connectivity index (χ0n) is 9.15. The first-order valence-corrected chi connectivity index (χ1v) is 7.32. The van der Waals surface area contributed by atoms with E-state index in [4.69, 9.17) is 5.14 Å². The summed E-state index contributed by atoms with van der Waals surface area (Å²) in [5.74, 6) is -0.532. The molecule has 8 heteroatoms. The molecule has 0 spiro atoms. The Balaban J connectivity index is 2.49. The van der Waals surface area contributed by atoms with Crippen LogP contribution < -0.4 is 9.86 Å². The monoisotopic (exact) mass is 276 g/mol. The molecule has 1 heterocycles. The summed E-state index contributed by atoms with van der Waals surface area (Å²) in [4.78, 5) is 12.7. The van der Waals surface area contributed by atoms with Gasteiger partial charge in [0.2, 0.25) is 0 Å². The van der Waals surface area contributed by atoms with E-state index in [1.165, 1.54) is 18.4 Å². The zero-order chi connectivity index (χ0) is 12.6. The maximum atomic E-state index is 11.6. The Morgan fingerprint density at radius 3 is 2.76 bits per heavy atom. The molecule has 6 nitrogen and oxygen atoms in total. The third kappa shape index (κ3) is 2.43. The quantitative estimate of drug-likeness (QED) is 0.791. The number of esters is 1. The average Bonchev–Trinajstić information content (AvgIpc) is 2.73. The molecule has 0 bridgehead atoms. The number of methoxy groups -OCH3 is 1. The van der Waals surface area contributed by atoms with E-state index in [2.05, 4.69) is 9.46 Å². The Kier molecular flexibility index (Phi) is 3.11. The Bertz CT molecular complexity index is 562. The van der Waals surface area contributed by atoms with Crippen molar-refractivity contribution >= 4 is 32.5 Å². The Hall–Kier alpha value is -1.12. The molecule has 0 aromatic carbocycles. The van der Waals surface area contributed by atoms with Gasteiger partial charge in [-0.05, 0) is 24.8 Å². The second-order valence-corrected chi connectivity index (χ2v) is 6.10. The molecular formula is C9H12N2O4S2. The number of thiophene rings is 1. The van der Waals surface area contributed by atoms with Crippen molar-refractivity contribution in [1.82, 2.24) is 0 Å². The van der Waals surface area contributed by atoms with E-state index in [-0.39, 0.29) is 5.00 Å². The number of fused-ring (bicyclic) bond motifs is 1. The smallest absolute Gasteiger partial charge is 0.341 e. The van der Waals surface area contributed by atoms with Crippen molar-refractivity contribution in [3.05, 3.63) is 16.0 Å². The molecule has 94 valence electrons. The molecule has 0 unspecified atom stereocenters. The Morgan fingerprint density at radius 1 is 1.47 bits per heavy atom. The molecule has 1 aliphatic carbocycles. The Labute approximate surface area is 103 Å². The molecule has 0 amide bonds. The van der Waals surface area contributed by atoms with Gasteiger partial charge >= 0.3 is 5.97 Å². The van der Waals surface area contributed by atoms with Gasteiger partial charge in [0, 0.05) is 4.88 Å². The van der Waals surface area contributed by atoms with Gasteiger partial charge in [0.15, 0.2) is 0 Å². The standard InChI is InChI=1S/C9H12N2O4S2/c1-15-9(12)7-5-3-2-4-6(5)16-8(7)11-17(10,13)14/h11H,2-4H2,1H3,(H2,10,13,14). The predicted molar refractivity (Wildman–Crippen MR) is 64.4 cm³/mol. The summed E-state index contributed by atoms with van der Waals surface area (Å²) in [7, 11) is -2.61. The van der Waals surface area contributed by atoms with Crippen LogP contribution in [0.25, 0.3) is 0 Å². The molecule has 3 N–H and O–H groups in total. The molecular weight excluding hydrogens is 264 g/mol. The summed E-state index contributed by atoms with van der Waals surface area (Å²) in [6.45, 7) is 0. The summed E-state index contributed by atoms with van der Waals surface area (Å²) in [5.41, 5.74) is 1.19. The third-order valence-corrected chi connectivity index (χ3v) is 4.37. The van der Waals surface area contributed by atoms with Gasteiger partial charge in [0.1, 0.15) is 5.00 Å². The summed E-state index contributed by atoms with van der Waals surface area (Å²) in [6.07, 6.45) is 2.60. The van der Waals surface area contributed by atoms with E-state index in [1.54, 1.807) is 0 Å². The number of aryl methyl sites for hydroxylation is 1. The predicted octanol–water partition coefficient (Wildman–Crippen LogP) is 0.639. The van der Waals surface area contributed by atoms with Crippen LogP contribution in [0.3, 0.4) is 0 Å². The van der Waals surface area contributed by atoms with Crippen molar-refractivity contribution in [2.45, 2.75) is 19.3 Å². The van der Waals surface area contributed by atoms with Crippen molar-refractivity contribution in [2.24, 2.45) is 5.14 Å². The first-order valence-electron chi connectivity index (χ1n) is 4.96. The van der Waals surface area contributed by atoms with Crippen molar-refractivity contribution in [1.29, 1.82) is 0 Å². The highest BCUT2D eigenvalue weighted by atomic mass is 32.2. The number of hydrogen-bond donors (Lipinski definition) is 2.